The predicted octanol–water partition coefficient (Wildman–Crippen LogP) is 5.28. The van der Waals surface area contributed by atoms with Gasteiger partial charge in [-0.05, 0) is 43.7 Å². The zero-order valence-corrected chi connectivity index (χ0v) is 14.7. The molecule has 0 aliphatic heterocycles. The van der Waals surface area contributed by atoms with Crippen molar-refractivity contribution < 1.29 is 0 Å². The number of hydrogen-bond acceptors (Lipinski definition) is 5. The molecule has 0 spiro atoms. The zero-order valence-electron chi connectivity index (χ0n) is 13.1. The number of nitrogens with zero attached hydrogens (tertiary/aromatic N) is 3. The van der Waals surface area contributed by atoms with Crippen LogP contribution in [0.15, 0.2) is 42.6 Å². The molecule has 122 valence electrons. The summed E-state index contributed by atoms with van der Waals surface area (Å²) in [5.41, 5.74) is 3.97. The minimum Gasteiger partial charge on any atom is -0.339 e. The fraction of sp³-hybridized carbons (Fsp3) is 0.118. The molecule has 3 aromatic rings. The van der Waals surface area contributed by atoms with E-state index in [2.05, 4.69) is 38.8 Å². The predicted molar refractivity (Wildman–Crippen MR) is 98.8 cm³/mol. The van der Waals surface area contributed by atoms with Crippen molar-refractivity contribution in [1.29, 1.82) is 0 Å². The summed E-state index contributed by atoms with van der Waals surface area (Å²) in [5, 5.41) is 15.3. The van der Waals surface area contributed by atoms with E-state index in [0.717, 1.165) is 16.9 Å². The largest absolute Gasteiger partial charge is 0.339 e. The Morgan fingerprint density at radius 3 is 2.38 bits per heavy atom. The van der Waals surface area contributed by atoms with Crippen LogP contribution in [-0.4, -0.2) is 15.2 Å². The van der Waals surface area contributed by atoms with Gasteiger partial charge in [0.05, 0.1) is 6.20 Å². The highest BCUT2D eigenvalue weighted by Gasteiger charge is 2.05. The Kier molecular flexibility index (Phi) is 4.83. The van der Waals surface area contributed by atoms with Gasteiger partial charge in [-0.1, -0.05) is 40.9 Å². The molecule has 2 aromatic carbocycles. The third-order valence-corrected chi connectivity index (χ3v) is 3.76. The molecular weight excluding hydrogens is 345 g/mol. The fourth-order valence-corrected chi connectivity index (χ4v) is 2.79. The molecule has 0 amide bonds. The Hall–Kier alpha value is -2.37. The van der Waals surface area contributed by atoms with Gasteiger partial charge in [-0.2, -0.15) is 10.1 Å². The Bertz CT molecular complexity index is 862. The second-order valence-corrected chi connectivity index (χ2v) is 6.26. The second kappa shape index (κ2) is 7.03. The Labute approximate surface area is 150 Å². The van der Waals surface area contributed by atoms with Crippen molar-refractivity contribution in [2.75, 3.05) is 10.6 Å². The SMILES string of the molecule is Cc1ccc(Nc2nncc(Nc3cc(Cl)cc(Cl)c3)n2)c(C)c1. The lowest BCUT2D eigenvalue weighted by atomic mass is 10.1. The molecule has 0 unspecified atom stereocenters. The molecule has 0 saturated heterocycles. The van der Waals surface area contributed by atoms with Crippen LogP contribution in [0, 0.1) is 13.8 Å². The molecule has 0 radical (unpaired) electrons. The maximum absolute atomic E-state index is 6.00. The number of anilines is 4. The third-order valence-electron chi connectivity index (χ3n) is 3.32. The second-order valence-electron chi connectivity index (χ2n) is 5.39. The maximum Gasteiger partial charge on any atom is 0.249 e. The quantitative estimate of drug-likeness (QED) is 0.663. The number of halogens is 2. The number of aromatic nitrogens is 3. The van der Waals surface area contributed by atoms with E-state index in [0.29, 0.717) is 21.8 Å². The van der Waals surface area contributed by atoms with Gasteiger partial charge in [0.2, 0.25) is 5.95 Å². The van der Waals surface area contributed by atoms with Gasteiger partial charge >= 0.3 is 0 Å². The lowest BCUT2D eigenvalue weighted by Crippen LogP contribution is -2.03. The standard InChI is InChI=1S/C17H15Cl2N5/c1-10-3-4-15(11(2)5-10)22-17-23-16(9-20-24-17)21-14-7-12(18)6-13(19)8-14/h3-9H,1-2H3,(H2,21,22,23,24). The smallest absolute Gasteiger partial charge is 0.249 e. The average Bonchev–Trinajstić information content (AvgIpc) is 2.49. The van der Waals surface area contributed by atoms with Crippen molar-refractivity contribution >= 4 is 46.3 Å². The molecular formula is C17H15Cl2N5. The summed E-state index contributed by atoms with van der Waals surface area (Å²) < 4.78 is 0. The molecule has 5 nitrogen and oxygen atoms in total. The minimum absolute atomic E-state index is 0.403. The number of rotatable bonds is 4. The summed E-state index contributed by atoms with van der Waals surface area (Å²) in [7, 11) is 0. The van der Waals surface area contributed by atoms with E-state index >= 15 is 0 Å². The van der Waals surface area contributed by atoms with Gasteiger partial charge in [-0.3, -0.25) is 0 Å². The van der Waals surface area contributed by atoms with E-state index in [1.165, 1.54) is 11.8 Å². The van der Waals surface area contributed by atoms with E-state index in [9.17, 15) is 0 Å². The maximum atomic E-state index is 6.00. The Balaban J connectivity index is 1.81. The molecule has 0 fully saturated rings. The van der Waals surface area contributed by atoms with Crippen molar-refractivity contribution in [3.63, 3.8) is 0 Å². The van der Waals surface area contributed by atoms with Crippen molar-refractivity contribution in [2.45, 2.75) is 13.8 Å². The van der Waals surface area contributed by atoms with Gasteiger partial charge in [0.1, 0.15) is 0 Å². The average molecular weight is 360 g/mol. The summed E-state index contributed by atoms with van der Waals surface area (Å²) >= 11 is 12.0. The molecule has 24 heavy (non-hydrogen) atoms. The fourth-order valence-electron chi connectivity index (χ4n) is 2.26. The van der Waals surface area contributed by atoms with Crippen LogP contribution in [0.2, 0.25) is 10.0 Å². The monoisotopic (exact) mass is 359 g/mol. The van der Waals surface area contributed by atoms with Crippen LogP contribution in [0.1, 0.15) is 11.1 Å². The Morgan fingerprint density at radius 2 is 1.67 bits per heavy atom. The van der Waals surface area contributed by atoms with Gasteiger partial charge in [0.25, 0.3) is 0 Å². The van der Waals surface area contributed by atoms with Gasteiger partial charge in [-0.25, -0.2) is 0 Å². The number of nitrogens with one attached hydrogen (secondary N) is 2. The summed E-state index contributed by atoms with van der Waals surface area (Å²) in [6, 6.07) is 11.3. The normalized spacial score (nSPS) is 10.5. The number of benzene rings is 2. The topological polar surface area (TPSA) is 62.7 Å². The first-order valence-electron chi connectivity index (χ1n) is 7.27. The van der Waals surface area contributed by atoms with Crippen LogP contribution in [-0.2, 0) is 0 Å². The highest BCUT2D eigenvalue weighted by atomic mass is 35.5. The van der Waals surface area contributed by atoms with Crippen LogP contribution in [0.4, 0.5) is 23.1 Å². The van der Waals surface area contributed by atoms with Crippen molar-refractivity contribution in [3.05, 3.63) is 63.8 Å². The van der Waals surface area contributed by atoms with Gasteiger partial charge < -0.3 is 10.6 Å². The first-order valence-corrected chi connectivity index (χ1v) is 8.02. The van der Waals surface area contributed by atoms with Crippen LogP contribution >= 0.6 is 23.2 Å². The molecule has 0 atom stereocenters. The molecule has 1 aromatic heterocycles. The lowest BCUT2D eigenvalue weighted by molar-refractivity contribution is 0.981. The molecule has 7 heteroatoms. The molecule has 1 heterocycles. The van der Waals surface area contributed by atoms with Crippen LogP contribution in [0.25, 0.3) is 0 Å². The van der Waals surface area contributed by atoms with E-state index in [1.54, 1.807) is 18.2 Å². The van der Waals surface area contributed by atoms with Gasteiger partial charge in [0, 0.05) is 21.4 Å². The summed E-state index contributed by atoms with van der Waals surface area (Å²) in [6.45, 7) is 4.08. The summed E-state index contributed by atoms with van der Waals surface area (Å²) in [5.74, 6) is 0.940. The molecule has 0 aliphatic carbocycles. The van der Waals surface area contributed by atoms with Gasteiger partial charge in [-0.15, -0.1) is 5.10 Å². The van der Waals surface area contributed by atoms with Crippen molar-refractivity contribution in [3.8, 4) is 0 Å². The van der Waals surface area contributed by atoms with Crippen LogP contribution in [0.5, 0.6) is 0 Å². The lowest BCUT2D eigenvalue weighted by Gasteiger charge is -2.10. The van der Waals surface area contributed by atoms with Crippen LogP contribution in [0.3, 0.4) is 0 Å². The van der Waals surface area contributed by atoms with E-state index < -0.39 is 0 Å². The van der Waals surface area contributed by atoms with Crippen molar-refractivity contribution in [2.24, 2.45) is 0 Å². The zero-order chi connectivity index (χ0) is 17.1. The van der Waals surface area contributed by atoms with Crippen molar-refractivity contribution in [1.82, 2.24) is 15.2 Å². The molecule has 0 saturated carbocycles. The highest BCUT2D eigenvalue weighted by Crippen LogP contribution is 2.25. The third kappa shape index (κ3) is 4.13. The molecule has 3 rings (SSSR count). The van der Waals surface area contributed by atoms with Gasteiger partial charge in [0.15, 0.2) is 5.82 Å². The van der Waals surface area contributed by atoms with E-state index in [1.807, 2.05) is 19.1 Å². The minimum atomic E-state index is 0.403. The first-order chi connectivity index (χ1) is 11.5. The molecule has 0 aliphatic rings. The number of aryl methyl sites for hydroxylation is 2. The summed E-state index contributed by atoms with van der Waals surface area (Å²) in [6.07, 6.45) is 1.53. The van der Waals surface area contributed by atoms with Crippen LogP contribution < -0.4 is 10.6 Å². The first kappa shape index (κ1) is 16.5. The highest BCUT2D eigenvalue weighted by molar-refractivity contribution is 6.35. The summed E-state index contributed by atoms with van der Waals surface area (Å²) in [4.78, 5) is 4.40. The molecule has 2 N–H and O–H groups in total. The molecule has 0 bridgehead atoms. The van der Waals surface area contributed by atoms with E-state index in [4.69, 9.17) is 23.2 Å². The Morgan fingerprint density at radius 1 is 0.917 bits per heavy atom. The van der Waals surface area contributed by atoms with E-state index in [-0.39, 0.29) is 0 Å². The number of hydrogen-bond donors (Lipinski definition) is 2.